The van der Waals surface area contributed by atoms with Gasteiger partial charge in [-0.1, -0.05) is 19.3 Å². The van der Waals surface area contributed by atoms with E-state index >= 15 is 0 Å². The third-order valence-electron chi connectivity index (χ3n) is 4.50. The van der Waals surface area contributed by atoms with Crippen LogP contribution < -0.4 is 5.73 Å². The number of rotatable bonds is 3. The van der Waals surface area contributed by atoms with Gasteiger partial charge in [-0.25, -0.2) is 4.79 Å². The molecule has 0 aromatic rings. The maximum absolute atomic E-state index is 12.2. The first kappa shape index (κ1) is 12.7. The first-order valence-electron chi connectivity index (χ1n) is 6.88. The Kier molecular flexibility index (Phi) is 3.92. The second-order valence-electron chi connectivity index (χ2n) is 5.60. The number of likely N-dealkylation sites (N-methyl/N-ethyl adjacent to an activating group) is 1. The zero-order valence-corrected chi connectivity index (χ0v) is 11.1. The molecule has 2 N–H and O–H groups in total. The van der Waals surface area contributed by atoms with E-state index in [0.29, 0.717) is 18.5 Å². The summed E-state index contributed by atoms with van der Waals surface area (Å²) in [6.07, 6.45) is 6.59. The molecular weight excluding hydrogens is 214 g/mol. The summed E-state index contributed by atoms with van der Waals surface area (Å²) in [5.41, 5.74) is 5.67. The molecule has 2 fully saturated rings. The normalized spacial score (nSPS) is 28.9. The van der Waals surface area contributed by atoms with Gasteiger partial charge in [0.2, 0.25) is 0 Å². The molecule has 0 bridgehead atoms. The molecule has 1 saturated carbocycles. The molecule has 2 aliphatic rings. The summed E-state index contributed by atoms with van der Waals surface area (Å²) in [4.78, 5) is 16.0. The smallest absolute Gasteiger partial charge is 0.320 e. The predicted octanol–water partition coefficient (Wildman–Crippen LogP) is 1.65. The highest BCUT2D eigenvalue weighted by molar-refractivity contribution is 5.77. The lowest BCUT2D eigenvalue weighted by atomic mass is 9.83. The number of carbonyl (C=O) groups excluding carboxylic acids is 1. The second-order valence-corrected chi connectivity index (χ2v) is 5.60. The maximum atomic E-state index is 12.2. The molecule has 1 aliphatic carbocycles. The number of nitrogens with zero attached hydrogens (tertiary/aromatic N) is 2. The standard InChI is InChI=1S/C13H25N3O/c1-10(8-14)16-9-12(15(2)13(16)17)11-6-4-3-5-7-11/h10-12H,3-9,14H2,1-2H3. The van der Waals surface area contributed by atoms with Crippen molar-refractivity contribution in [3.05, 3.63) is 0 Å². The topological polar surface area (TPSA) is 49.6 Å². The van der Waals surface area contributed by atoms with Crippen LogP contribution in [0.25, 0.3) is 0 Å². The third kappa shape index (κ3) is 2.41. The highest BCUT2D eigenvalue weighted by Gasteiger charge is 2.40. The van der Waals surface area contributed by atoms with Crippen molar-refractivity contribution >= 4 is 6.03 Å². The molecule has 1 heterocycles. The van der Waals surface area contributed by atoms with Gasteiger partial charge in [0.15, 0.2) is 0 Å². The van der Waals surface area contributed by atoms with E-state index in [9.17, 15) is 4.79 Å². The molecule has 1 saturated heterocycles. The highest BCUT2D eigenvalue weighted by Crippen LogP contribution is 2.32. The van der Waals surface area contributed by atoms with Gasteiger partial charge in [0, 0.05) is 26.2 Å². The molecule has 98 valence electrons. The lowest BCUT2D eigenvalue weighted by molar-refractivity contribution is 0.176. The van der Waals surface area contributed by atoms with Gasteiger partial charge in [0.1, 0.15) is 0 Å². The largest absolute Gasteiger partial charge is 0.328 e. The fourth-order valence-corrected chi connectivity index (χ4v) is 3.23. The van der Waals surface area contributed by atoms with Crippen LogP contribution in [0.1, 0.15) is 39.0 Å². The minimum atomic E-state index is 0.165. The van der Waals surface area contributed by atoms with Crippen molar-refractivity contribution in [2.45, 2.75) is 51.1 Å². The molecule has 2 rings (SSSR count). The van der Waals surface area contributed by atoms with Gasteiger partial charge in [-0.2, -0.15) is 0 Å². The van der Waals surface area contributed by atoms with E-state index < -0.39 is 0 Å². The number of carbonyl (C=O) groups is 1. The lowest BCUT2D eigenvalue weighted by Gasteiger charge is -2.30. The average molecular weight is 239 g/mol. The van der Waals surface area contributed by atoms with Crippen LogP contribution in [0.15, 0.2) is 0 Å². The molecule has 2 unspecified atom stereocenters. The van der Waals surface area contributed by atoms with Gasteiger partial charge in [0.25, 0.3) is 0 Å². The van der Waals surface area contributed by atoms with Gasteiger partial charge in [-0.15, -0.1) is 0 Å². The fraction of sp³-hybridized carbons (Fsp3) is 0.923. The van der Waals surface area contributed by atoms with Crippen LogP contribution in [0.3, 0.4) is 0 Å². The van der Waals surface area contributed by atoms with Crippen molar-refractivity contribution in [1.82, 2.24) is 9.80 Å². The van der Waals surface area contributed by atoms with E-state index in [1.54, 1.807) is 0 Å². The Balaban J connectivity index is 2.02. The van der Waals surface area contributed by atoms with Crippen molar-refractivity contribution in [1.29, 1.82) is 0 Å². The zero-order chi connectivity index (χ0) is 12.4. The molecule has 2 atom stereocenters. The summed E-state index contributed by atoms with van der Waals surface area (Å²) in [6, 6.07) is 0.744. The summed E-state index contributed by atoms with van der Waals surface area (Å²) >= 11 is 0. The van der Waals surface area contributed by atoms with Crippen LogP contribution in [0.5, 0.6) is 0 Å². The van der Waals surface area contributed by atoms with E-state index in [1.165, 1.54) is 32.1 Å². The first-order chi connectivity index (χ1) is 8.15. The Labute approximate surface area is 104 Å². The van der Waals surface area contributed by atoms with Crippen molar-refractivity contribution in [3.63, 3.8) is 0 Å². The monoisotopic (exact) mass is 239 g/mol. The molecule has 0 spiro atoms. The summed E-state index contributed by atoms with van der Waals surface area (Å²) in [5.74, 6) is 0.702. The van der Waals surface area contributed by atoms with Crippen molar-refractivity contribution in [3.8, 4) is 0 Å². The Morgan fingerprint density at radius 3 is 2.59 bits per heavy atom. The SMILES string of the molecule is CC(CN)N1CC(C2CCCCC2)N(C)C1=O. The van der Waals surface area contributed by atoms with E-state index in [0.717, 1.165) is 6.54 Å². The predicted molar refractivity (Wildman–Crippen MR) is 68.7 cm³/mol. The van der Waals surface area contributed by atoms with Crippen LogP contribution in [-0.4, -0.2) is 48.1 Å². The van der Waals surface area contributed by atoms with Gasteiger partial charge >= 0.3 is 6.03 Å². The van der Waals surface area contributed by atoms with E-state index in [1.807, 2.05) is 23.8 Å². The minimum Gasteiger partial charge on any atom is -0.328 e. The zero-order valence-electron chi connectivity index (χ0n) is 11.1. The van der Waals surface area contributed by atoms with Crippen LogP contribution in [0.2, 0.25) is 0 Å². The number of nitrogens with two attached hydrogens (primary N) is 1. The van der Waals surface area contributed by atoms with Gasteiger partial charge < -0.3 is 15.5 Å². The van der Waals surface area contributed by atoms with Crippen molar-refractivity contribution in [2.75, 3.05) is 20.1 Å². The van der Waals surface area contributed by atoms with Gasteiger partial charge in [-0.05, 0) is 25.7 Å². The number of hydrogen-bond acceptors (Lipinski definition) is 2. The van der Waals surface area contributed by atoms with Gasteiger partial charge in [0.05, 0.1) is 6.04 Å². The van der Waals surface area contributed by atoms with E-state index in [4.69, 9.17) is 5.73 Å². The van der Waals surface area contributed by atoms with E-state index in [2.05, 4.69) is 0 Å². The van der Waals surface area contributed by atoms with Crippen molar-refractivity contribution < 1.29 is 4.79 Å². The lowest BCUT2D eigenvalue weighted by Crippen LogP contribution is -2.40. The van der Waals surface area contributed by atoms with Crippen LogP contribution in [0.4, 0.5) is 4.79 Å². The Morgan fingerprint density at radius 1 is 1.35 bits per heavy atom. The molecule has 4 heteroatoms. The Morgan fingerprint density at radius 2 is 2.00 bits per heavy atom. The molecule has 1 aliphatic heterocycles. The second kappa shape index (κ2) is 5.25. The molecule has 0 aromatic heterocycles. The van der Waals surface area contributed by atoms with Crippen LogP contribution >= 0.6 is 0 Å². The summed E-state index contributed by atoms with van der Waals surface area (Å²) in [6.45, 7) is 3.46. The molecule has 17 heavy (non-hydrogen) atoms. The van der Waals surface area contributed by atoms with Crippen LogP contribution in [0, 0.1) is 5.92 Å². The van der Waals surface area contributed by atoms with Gasteiger partial charge in [-0.3, -0.25) is 0 Å². The minimum absolute atomic E-state index is 0.165. The average Bonchev–Trinajstić information content (AvgIpc) is 2.67. The number of urea groups is 1. The third-order valence-corrected chi connectivity index (χ3v) is 4.50. The molecule has 0 radical (unpaired) electrons. The van der Waals surface area contributed by atoms with Crippen LogP contribution in [-0.2, 0) is 0 Å². The Bertz CT molecular complexity index is 276. The number of amides is 2. The van der Waals surface area contributed by atoms with Crippen molar-refractivity contribution in [2.24, 2.45) is 11.7 Å². The Hall–Kier alpha value is -0.770. The number of hydrogen-bond donors (Lipinski definition) is 1. The molecule has 4 nitrogen and oxygen atoms in total. The summed E-state index contributed by atoms with van der Waals surface area (Å²) in [7, 11) is 1.95. The summed E-state index contributed by atoms with van der Waals surface area (Å²) < 4.78 is 0. The quantitative estimate of drug-likeness (QED) is 0.814. The first-order valence-corrected chi connectivity index (χ1v) is 6.88. The fourth-order valence-electron chi connectivity index (χ4n) is 3.23. The summed E-state index contributed by atoms with van der Waals surface area (Å²) in [5, 5.41) is 0. The van der Waals surface area contributed by atoms with E-state index in [-0.39, 0.29) is 12.1 Å². The molecular formula is C13H25N3O. The highest BCUT2D eigenvalue weighted by atomic mass is 16.2. The maximum Gasteiger partial charge on any atom is 0.320 e. The molecule has 2 amide bonds. The molecule has 0 aromatic carbocycles.